The molecule has 0 bridgehead atoms. The Morgan fingerprint density at radius 1 is 1.56 bits per heavy atom. The number of hydrogen-bond donors (Lipinski definition) is 1. The van der Waals surface area contributed by atoms with Crippen molar-refractivity contribution in [1.82, 2.24) is 4.90 Å². The molecule has 1 atom stereocenters. The summed E-state index contributed by atoms with van der Waals surface area (Å²) in [6, 6.07) is -0.946. The molecule has 0 aliphatic carbocycles. The molecule has 0 spiro atoms. The summed E-state index contributed by atoms with van der Waals surface area (Å²) in [5.41, 5.74) is 0.910. The highest BCUT2D eigenvalue weighted by molar-refractivity contribution is 6.67. The molecule has 0 aromatic carbocycles. The van der Waals surface area contributed by atoms with Gasteiger partial charge in [-0.2, -0.15) is 0 Å². The van der Waals surface area contributed by atoms with E-state index < -0.39 is 28.5 Å². The number of hydrogen-bond acceptors (Lipinski definition) is 3. The summed E-state index contributed by atoms with van der Waals surface area (Å²) < 4.78 is 3.05. The molecule has 1 rings (SSSR count). The average Bonchev–Trinajstić information content (AvgIpc) is 2.24. The fourth-order valence-electron chi connectivity index (χ4n) is 1.53. The van der Waals surface area contributed by atoms with E-state index in [4.69, 9.17) is 44.6 Å². The van der Waals surface area contributed by atoms with E-state index in [1.54, 1.807) is 13.0 Å². The number of alkyl halides is 3. The fourth-order valence-corrected chi connectivity index (χ4v) is 1.69. The molecule has 0 radical (unpaired) electrons. The lowest BCUT2D eigenvalue weighted by molar-refractivity contribution is -0.142. The van der Waals surface area contributed by atoms with Crippen LogP contribution in [0.25, 0.3) is 0 Å². The maximum absolute atomic E-state index is 11.7. The Morgan fingerprint density at radius 3 is 2.67 bits per heavy atom. The quantitative estimate of drug-likeness (QED) is 0.628. The van der Waals surface area contributed by atoms with Crippen LogP contribution in [0.3, 0.4) is 0 Å². The number of carboxylic acids is 1. The van der Waals surface area contributed by atoms with E-state index in [-0.39, 0.29) is 13.0 Å². The fraction of sp³-hybridized carbons (Fsp3) is 0.600. The maximum Gasteiger partial charge on any atom is 0.410 e. The molecule has 1 aliphatic heterocycles. The molecular weight excluding hydrogens is 304 g/mol. The van der Waals surface area contributed by atoms with Crippen molar-refractivity contribution >= 4 is 46.9 Å². The van der Waals surface area contributed by atoms with Crippen molar-refractivity contribution in [3.63, 3.8) is 0 Å². The second kappa shape index (κ2) is 5.99. The van der Waals surface area contributed by atoms with Crippen LogP contribution in [0.2, 0.25) is 0 Å². The standard InChI is InChI=1S/C10H12Cl3NO4/c1-6-2-3-14(7(4-6)8(15)16)9(17)18-5-10(11,12)13/h2,7H,3-5H2,1H3,(H,15,16). The van der Waals surface area contributed by atoms with E-state index in [0.29, 0.717) is 0 Å². The predicted octanol–water partition coefficient (Wildman–Crippen LogP) is 2.60. The number of carbonyl (C=O) groups is 2. The third-order valence-corrected chi connectivity index (χ3v) is 2.73. The third-order valence-electron chi connectivity index (χ3n) is 2.41. The molecule has 1 heterocycles. The SMILES string of the molecule is CC1=CCN(C(=O)OCC(Cl)(Cl)Cl)C(C(=O)O)C1. The summed E-state index contributed by atoms with van der Waals surface area (Å²) in [4.78, 5) is 23.9. The lowest BCUT2D eigenvalue weighted by Crippen LogP contribution is -2.48. The zero-order valence-electron chi connectivity index (χ0n) is 9.53. The Morgan fingerprint density at radius 2 is 2.17 bits per heavy atom. The first-order chi connectivity index (χ1) is 8.20. The topological polar surface area (TPSA) is 66.8 Å². The van der Waals surface area contributed by atoms with Crippen molar-refractivity contribution < 1.29 is 19.4 Å². The Hall–Kier alpha value is -0.650. The van der Waals surface area contributed by atoms with Crippen LogP contribution in [0, 0.1) is 0 Å². The van der Waals surface area contributed by atoms with Crippen molar-refractivity contribution in [1.29, 1.82) is 0 Å². The molecular formula is C10H12Cl3NO4. The Balaban J connectivity index is 2.68. The first kappa shape index (κ1) is 15.4. The van der Waals surface area contributed by atoms with Crippen LogP contribution >= 0.6 is 34.8 Å². The van der Waals surface area contributed by atoms with Crippen LogP contribution in [0.1, 0.15) is 13.3 Å². The van der Waals surface area contributed by atoms with Gasteiger partial charge in [-0.1, -0.05) is 46.5 Å². The van der Waals surface area contributed by atoms with Crippen LogP contribution in [0.5, 0.6) is 0 Å². The van der Waals surface area contributed by atoms with Crippen molar-refractivity contribution in [3.05, 3.63) is 11.6 Å². The van der Waals surface area contributed by atoms with Gasteiger partial charge in [0.15, 0.2) is 0 Å². The van der Waals surface area contributed by atoms with Crippen molar-refractivity contribution in [3.8, 4) is 0 Å². The van der Waals surface area contributed by atoms with Crippen molar-refractivity contribution in [2.24, 2.45) is 0 Å². The number of aliphatic carboxylic acids is 1. The van der Waals surface area contributed by atoms with Gasteiger partial charge in [0.1, 0.15) is 12.6 Å². The van der Waals surface area contributed by atoms with Gasteiger partial charge in [0.25, 0.3) is 0 Å². The number of nitrogens with zero attached hydrogens (tertiary/aromatic N) is 1. The van der Waals surface area contributed by atoms with Gasteiger partial charge in [0.2, 0.25) is 3.79 Å². The Labute approximate surface area is 119 Å². The highest BCUT2D eigenvalue weighted by Crippen LogP contribution is 2.27. The Kier molecular flexibility index (Phi) is 5.13. The number of carboxylic acid groups (broad SMARTS) is 1. The van der Waals surface area contributed by atoms with Crippen LogP contribution in [-0.4, -0.2) is 45.1 Å². The summed E-state index contributed by atoms with van der Waals surface area (Å²) in [5.74, 6) is -1.09. The lowest BCUT2D eigenvalue weighted by atomic mass is 10.0. The van der Waals surface area contributed by atoms with Crippen molar-refractivity contribution in [2.75, 3.05) is 13.2 Å². The van der Waals surface area contributed by atoms with Crippen LogP contribution in [0.4, 0.5) is 4.79 Å². The molecule has 0 saturated carbocycles. The zero-order chi connectivity index (χ0) is 13.9. The van der Waals surface area contributed by atoms with Gasteiger partial charge in [-0.05, 0) is 13.3 Å². The predicted molar refractivity (Wildman–Crippen MR) is 68.1 cm³/mol. The van der Waals surface area contributed by atoms with Gasteiger partial charge >= 0.3 is 12.1 Å². The van der Waals surface area contributed by atoms with Gasteiger partial charge < -0.3 is 9.84 Å². The molecule has 102 valence electrons. The molecule has 0 saturated heterocycles. The minimum Gasteiger partial charge on any atom is -0.480 e. The summed E-state index contributed by atoms with van der Waals surface area (Å²) in [7, 11) is 0. The molecule has 1 amide bonds. The van der Waals surface area contributed by atoms with Gasteiger partial charge in [-0.3, -0.25) is 4.90 Å². The maximum atomic E-state index is 11.7. The molecule has 0 aromatic heterocycles. The molecule has 0 aromatic rings. The summed E-state index contributed by atoms with van der Waals surface area (Å²) >= 11 is 16.3. The number of carbonyl (C=O) groups excluding carboxylic acids is 1. The van der Waals surface area contributed by atoms with E-state index in [1.807, 2.05) is 0 Å². The van der Waals surface area contributed by atoms with Crippen molar-refractivity contribution in [2.45, 2.75) is 23.2 Å². The monoisotopic (exact) mass is 315 g/mol. The van der Waals surface area contributed by atoms with Gasteiger partial charge in [-0.25, -0.2) is 9.59 Å². The largest absolute Gasteiger partial charge is 0.480 e. The van der Waals surface area contributed by atoms with E-state index in [2.05, 4.69) is 0 Å². The van der Waals surface area contributed by atoms with E-state index in [9.17, 15) is 9.59 Å². The number of ether oxygens (including phenoxy) is 1. The third kappa shape index (κ3) is 4.55. The molecule has 18 heavy (non-hydrogen) atoms. The lowest BCUT2D eigenvalue weighted by Gasteiger charge is -2.31. The van der Waals surface area contributed by atoms with Crippen LogP contribution in [-0.2, 0) is 9.53 Å². The molecule has 1 aliphatic rings. The number of halogens is 3. The highest BCUT2D eigenvalue weighted by Gasteiger charge is 2.34. The second-order valence-electron chi connectivity index (χ2n) is 3.93. The minimum absolute atomic E-state index is 0.168. The van der Waals surface area contributed by atoms with Gasteiger partial charge in [-0.15, -0.1) is 0 Å². The first-order valence-electron chi connectivity index (χ1n) is 5.09. The zero-order valence-corrected chi connectivity index (χ0v) is 11.8. The number of amides is 1. The molecule has 1 unspecified atom stereocenters. The molecule has 5 nitrogen and oxygen atoms in total. The van der Waals surface area contributed by atoms with Gasteiger partial charge in [0.05, 0.1) is 0 Å². The summed E-state index contributed by atoms with van der Waals surface area (Å²) in [6.45, 7) is 1.55. The minimum atomic E-state index is -1.71. The molecule has 8 heteroatoms. The van der Waals surface area contributed by atoms with Gasteiger partial charge in [0, 0.05) is 6.54 Å². The normalized spacial score (nSPS) is 20.3. The number of rotatable bonds is 2. The molecule has 0 fully saturated rings. The Bertz CT molecular complexity index is 378. The van der Waals surface area contributed by atoms with Crippen LogP contribution < -0.4 is 0 Å². The van der Waals surface area contributed by atoms with E-state index in [0.717, 1.165) is 10.5 Å². The summed E-state index contributed by atoms with van der Waals surface area (Å²) in [5, 5.41) is 9.05. The smallest absolute Gasteiger partial charge is 0.410 e. The second-order valence-corrected chi connectivity index (χ2v) is 6.45. The summed E-state index contributed by atoms with van der Waals surface area (Å²) in [6.07, 6.45) is 1.21. The van der Waals surface area contributed by atoms with E-state index >= 15 is 0 Å². The van der Waals surface area contributed by atoms with E-state index in [1.165, 1.54) is 0 Å². The first-order valence-corrected chi connectivity index (χ1v) is 6.22. The highest BCUT2D eigenvalue weighted by atomic mass is 35.6. The molecule has 1 N–H and O–H groups in total. The van der Waals surface area contributed by atoms with Crippen LogP contribution in [0.15, 0.2) is 11.6 Å². The average molecular weight is 317 g/mol.